The second kappa shape index (κ2) is 7.66. The summed E-state index contributed by atoms with van der Waals surface area (Å²) in [5.74, 6) is -0.576. The van der Waals surface area contributed by atoms with Crippen molar-refractivity contribution in [3.05, 3.63) is 23.8 Å². The number of ether oxygens (including phenoxy) is 1. The van der Waals surface area contributed by atoms with Gasteiger partial charge >= 0.3 is 5.97 Å². The molecule has 4 rings (SSSR count). The Bertz CT molecular complexity index is 858. The summed E-state index contributed by atoms with van der Waals surface area (Å²) in [5, 5.41) is 22.9. The fraction of sp³-hybridized carbons (Fsp3) is 0.720. The van der Waals surface area contributed by atoms with E-state index >= 15 is 0 Å². The molecule has 0 radical (unpaired) electrons. The van der Waals surface area contributed by atoms with E-state index in [2.05, 4.69) is 6.92 Å². The molecule has 0 heterocycles. The topological polar surface area (TPSA) is 101 Å². The molecule has 0 aromatic heterocycles. The van der Waals surface area contributed by atoms with Gasteiger partial charge in [-0.25, -0.2) is 4.79 Å². The zero-order chi connectivity index (χ0) is 22.6. The maximum absolute atomic E-state index is 13.1. The zero-order valence-corrected chi connectivity index (χ0v) is 18.7. The average Bonchev–Trinajstić information content (AvgIpc) is 2.98. The van der Waals surface area contributed by atoms with Gasteiger partial charge in [0.1, 0.15) is 5.60 Å². The molecule has 4 aliphatic carbocycles. The molecule has 6 nitrogen and oxygen atoms in total. The summed E-state index contributed by atoms with van der Waals surface area (Å²) in [6.45, 7) is 5.33. The van der Waals surface area contributed by atoms with E-state index in [9.17, 15) is 24.6 Å². The number of carbonyl (C=O) groups is 3. The molecule has 2 N–H and O–H groups in total. The number of aliphatic hydroxyl groups excluding tert-OH is 1. The van der Waals surface area contributed by atoms with E-state index in [0.717, 1.165) is 24.8 Å². The van der Waals surface area contributed by atoms with Crippen LogP contribution in [0.4, 0.5) is 0 Å². The van der Waals surface area contributed by atoms with Crippen LogP contribution in [0, 0.1) is 28.6 Å². The Hall–Kier alpha value is -1.79. The number of allylic oxidation sites excluding steroid dienone is 2. The lowest BCUT2D eigenvalue weighted by Crippen LogP contribution is -2.62. The van der Waals surface area contributed by atoms with E-state index in [4.69, 9.17) is 4.74 Å². The molecule has 0 spiro atoms. The third-order valence-corrected chi connectivity index (χ3v) is 9.16. The van der Waals surface area contributed by atoms with E-state index in [1.54, 1.807) is 13.0 Å². The largest absolute Gasteiger partial charge is 0.454 e. The van der Waals surface area contributed by atoms with Gasteiger partial charge in [0, 0.05) is 17.9 Å². The van der Waals surface area contributed by atoms with E-state index in [1.807, 2.05) is 6.92 Å². The molecule has 170 valence electrons. The van der Waals surface area contributed by atoms with Crippen LogP contribution in [-0.4, -0.2) is 46.1 Å². The molecule has 6 heteroatoms. The summed E-state index contributed by atoms with van der Waals surface area (Å²) >= 11 is 0. The van der Waals surface area contributed by atoms with Gasteiger partial charge in [-0.1, -0.05) is 25.5 Å². The van der Waals surface area contributed by atoms with Crippen LogP contribution >= 0.6 is 0 Å². The minimum atomic E-state index is -1.61. The van der Waals surface area contributed by atoms with Crippen molar-refractivity contribution >= 4 is 17.5 Å². The Morgan fingerprint density at radius 1 is 1.23 bits per heavy atom. The molecule has 0 aromatic rings. The van der Waals surface area contributed by atoms with Gasteiger partial charge in [-0.3, -0.25) is 9.59 Å². The van der Waals surface area contributed by atoms with Crippen molar-refractivity contribution in [1.82, 2.24) is 0 Å². The number of carbonyl (C=O) groups excluding carboxylic acids is 3. The van der Waals surface area contributed by atoms with Crippen LogP contribution in [0.1, 0.15) is 65.7 Å². The average molecular weight is 431 g/mol. The summed E-state index contributed by atoms with van der Waals surface area (Å²) < 4.78 is 5.04. The summed E-state index contributed by atoms with van der Waals surface area (Å²) in [6.07, 6.45) is 8.25. The Morgan fingerprint density at radius 2 is 1.97 bits per heavy atom. The van der Waals surface area contributed by atoms with Crippen LogP contribution < -0.4 is 0 Å². The van der Waals surface area contributed by atoms with Crippen molar-refractivity contribution in [1.29, 1.82) is 0 Å². The predicted molar refractivity (Wildman–Crippen MR) is 114 cm³/mol. The van der Waals surface area contributed by atoms with Gasteiger partial charge in [0.25, 0.3) is 0 Å². The predicted octanol–water partition coefficient (Wildman–Crippen LogP) is 2.91. The lowest BCUT2D eigenvalue weighted by molar-refractivity contribution is -0.184. The van der Waals surface area contributed by atoms with Crippen LogP contribution in [0.15, 0.2) is 23.8 Å². The first kappa shape index (κ1) is 22.4. The first-order valence-electron chi connectivity index (χ1n) is 11.5. The van der Waals surface area contributed by atoms with Crippen LogP contribution in [-0.2, 0) is 19.1 Å². The lowest BCUT2D eigenvalue weighted by atomic mass is 9.45. The second-order valence-corrected chi connectivity index (χ2v) is 10.5. The van der Waals surface area contributed by atoms with Gasteiger partial charge in [0.2, 0.25) is 5.78 Å². The third kappa shape index (κ3) is 3.25. The van der Waals surface area contributed by atoms with E-state index < -0.39 is 35.5 Å². The van der Waals surface area contributed by atoms with Crippen molar-refractivity contribution in [2.24, 2.45) is 28.6 Å². The summed E-state index contributed by atoms with van der Waals surface area (Å²) in [6, 6.07) is 0. The normalized spacial score (nSPS) is 44.3. The Balaban J connectivity index is 1.60. The molecule has 4 aliphatic rings. The number of ketones is 2. The molecule has 3 saturated carbocycles. The minimum absolute atomic E-state index is 0.0312. The molecular weight excluding hydrogens is 396 g/mol. The highest BCUT2D eigenvalue weighted by atomic mass is 16.5. The van der Waals surface area contributed by atoms with Gasteiger partial charge in [-0.15, -0.1) is 0 Å². The molecular formula is C25H34O6. The first-order chi connectivity index (χ1) is 14.6. The smallest absolute Gasteiger partial charge is 0.330 e. The molecule has 0 amide bonds. The van der Waals surface area contributed by atoms with E-state index in [0.29, 0.717) is 25.7 Å². The maximum Gasteiger partial charge on any atom is 0.330 e. The van der Waals surface area contributed by atoms with Gasteiger partial charge in [-0.2, -0.15) is 0 Å². The molecule has 7 atom stereocenters. The highest BCUT2D eigenvalue weighted by Gasteiger charge is 2.68. The molecule has 0 saturated heterocycles. The Kier molecular flexibility index (Phi) is 5.54. The number of Topliss-reactive ketones (excluding diaryl/α,β-unsaturated/α-hetero) is 1. The number of hydrogen-bond donors (Lipinski definition) is 2. The van der Waals surface area contributed by atoms with Gasteiger partial charge in [0.15, 0.2) is 12.4 Å². The van der Waals surface area contributed by atoms with Crippen LogP contribution in [0.2, 0.25) is 0 Å². The number of fused-ring (bicyclic) bond motifs is 5. The lowest BCUT2D eigenvalue weighted by Gasteiger charge is -2.60. The molecule has 3 fully saturated rings. The van der Waals surface area contributed by atoms with Crippen LogP contribution in [0.3, 0.4) is 0 Å². The van der Waals surface area contributed by atoms with Crippen molar-refractivity contribution < 1.29 is 29.3 Å². The molecule has 0 unspecified atom stereocenters. The van der Waals surface area contributed by atoms with Gasteiger partial charge in [0.05, 0.1) is 6.10 Å². The van der Waals surface area contributed by atoms with E-state index in [1.165, 1.54) is 12.2 Å². The zero-order valence-electron chi connectivity index (χ0n) is 18.7. The SMILES string of the molecule is C/C=C/C(=O)OCC(=O)[C@@]1(O)CC[C@H]2[C@@H]3CCC4=CC(=O)CC[C@]4(C)[C@H]3[C@@H](O)C[C@@]21C. The number of rotatable bonds is 4. The maximum atomic E-state index is 13.1. The fourth-order valence-corrected chi connectivity index (χ4v) is 7.59. The van der Waals surface area contributed by atoms with Crippen LogP contribution in [0.5, 0.6) is 0 Å². The third-order valence-electron chi connectivity index (χ3n) is 9.16. The van der Waals surface area contributed by atoms with Gasteiger partial charge < -0.3 is 14.9 Å². The second-order valence-electron chi connectivity index (χ2n) is 10.5. The van der Waals surface area contributed by atoms with Gasteiger partial charge in [-0.05, 0) is 74.7 Å². The molecule has 0 aromatic carbocycles. The van der Waals surface area contributed by atoms with Crippen molar-refractivity contribution in [3.8, 4) is 0 Å². The standard InChI is InChI=1S/C25H34O6/c1-4-5-21(29)31-14-20(28)25(30)11-9-18-17-7-6-15-12-16(26)8-10-23(15,2)22(17)19(27)13-24(18,25)3/h4-5,12,17-19,22,27,30H,6-11,13-14H2,1-3H3/b5-4+/t17-,18-,19-,22+,23-,24-,25-/m0/s1. The highest BCUT2D eigenvalue weighted by molar-refractivity contribution is 5.92. The quantitative estimate of drug-likeness (QED) is 0.525. The van der Waals surface area contributed by atoms with Crippen LogP contribution in [0.25, 0.3) is 0 Å². The van der Waals surface area contributed by atoms with Crippen molar-refractivity contribution in [2.75, 3.05) is 6.61 Å². The Labute approximate surface area is 183 Å². The summed E-state index contributed by atoms with van der Waals surface area (Å²) in [7, 11) is 0. The monoisotopic (exact) mass is 430 g/mol. The first-order valence-corrected chi connectivity index (χ1v) is 11.5. The number of aliphatic hydroxyl groups is 2. The number of hydrogen-bond acceptors (Lipinski definition) is 6. The summed E-state index contributed by atoms with van der Waals surface area (Å²) in [5.41, 5.74) is -1.42. The fourth-order valence-electron chi connectivity index (χ4n) is 7.59. The van der Waals surface area contributed by atoms with Crippen molar-refractivity contribution in [2.45, 2.75) is 77.4 Å². The summed E-state index contributed by atoms with van der Waals surface area (Å²) in [4.78, 5) is 36.7. The highest BCUT2D eigenvalue weighted by Crippen LogP contribution is 2.67. The minimum Gasteiger partial charge on any atom is -0.454 e. The Morgan fingerprint density at radius 3 is 2.68 bits per heavy atom. The molecule has 31 heavy (non-hydrogen) atoms. The molecule has 0 bridgehead atoms. The number of esters is 1. The molecule has 0 aliphatic heterocycles. The van der Waals surface area contributed by atoms with E-state index in [-0.39, 0.29) is 29.0 Å². The van der Waals surface area contributed by atoms with Crippen molar-refractivity contribution in [3.63, 3.8) is 0 Å².